The zero-order valence-corrected chi connectivity index (χ0v) is 16.4. The van der Waals surface area contributed by atoms with E-state index in [2.05, 4.69) is 0 Å². The fraction of sp³-hybridized carbons (Fsp3) is 0.318. The lowest BCUT2D eigenvalue weighted by atomic mass is 10.1. The number of carbonyl (C=O) groups excluding carboxylic acids is 3. The molecule has 6 heteroatoms. The van der Waals surface area contributed by atoms with Gasteiger partial charge in [0.2, 0.25) is 0 Å². The second-order valence-electron chi connectivity index (χ2n) is 6.25. The van der Waals surface area contributed by atoms with Crippen molar-refractivity contribution in [3.05, 3.63) is 60.2 Å². The fourth-order valence-electron chi connectivity index (χ4n) is 2.62. The van der Waals surface area contributed by atoms with Gasteiger partial charge in [0.1, 0.15) is 5.75 Å². The summed E-state index contributed by atoms with van der Waals surface area (Å²) < 4.78 is 10.5. The molecule has 0 N–H and O–H groups in total. The molecule has 0 aromatic heterocycles. The van der Waals surface area contributed by atoms with Gasteiger partial charge in [-0.3, -0.25) is 14.4 Å². The number of likely N-dealkylation sites (N-methyl/N-ethyl adjacent to an activating group) is 1. The lowest BCUT2D eigenvalue weighted by molar-refractivity contribution is -0.153. The molecule has 0 fully saturated rings. The Kier molecular flexibility index (Phi) is 7.75. The molecule has 0 spiro atoms. The minimum Gasteiger partial charge on any atom is -0.494 e. The van der Waals surface area contributed by atoms with Crippen LogP contribution in [0.5, 0.6) is 5.75 Å². The molecule has 1 unspecified atom stereocenters. The van der Waals surface area contributed by atoms with Gasteiger partial charge in [0.25, 0.3) is 5.91 Å². The SMILES string of the molecule is CCOc1ccc(C(=O)CCC(=O)OC(C)C(=O)N(C)c2ccccc2)cc1. The van der Waals surface area contributed by atoms with Crippen molar-refractivity contribution in [2.75, 3.05) is 18.6 Å². The molecule has 0 aliphatic rings. The van der Waals surface area contributed by atoms with Gasteiger partial charge in [-0.1, -0.05) is 18.2 Å². The quantitative estimate of drug-likeness (QED) is 0.488. The Morgan fingerprint density at radius 2 is 1.61 bits per heavy atom. The van der Waals surface area contributed by atoms with Gasteiger partial charge in [0.05, 0.1) is 13.0 Å². The molecule has 0 aliphatic carbocycles. The standard InChI is InChI=1S/C22H25NO5/c1-4-27-19-12-10-17(11-13-19)20(24)14-15-21(25)28-16(2)22(26)23(3)18-8-6-5-7-9-18/h5-13,16H,4,14-15H2,1-3H3. The predicted octanol–water partition coefficient (Wildman–Crippen LogP) is 3.64. The largest absolute Gasteiger partial charge is 0.494 e. The number of Topliss-reactive ketones (excluding diaryl/α,β-unsaturated/α-hetero) is 1. The molecular weight excluding hydrogens is 358 g/mol. The number of ketones is 1. The molecule has 0 radical (unpaired) electrons. The lowest BCUT2D eigenvalue weighted by Crippen LogP contribution is -2.37. The van der Waals surface area contributed by atoms with Crippen LogP contribution in [0.4, 0.5) is 5.69 Å². The van der Waals surface area contributed by atoms with Crippen LogP contribution in [-0.2, 0) is 14.3 Å². The second kappa shape index (κ2) is 10.3. The zero-order valence-electron chi connectivity index (χ0n) is 16.4. The molecule has 1 atom stereocenters. The van der Waals surface area contributed by atoms with Crippen LogP contribution in [0.15, 0.2) is 54.6 Å². The van der Waals surface area contributed by atoms with Crippen LogP contribution in [0.25, 0.3) is 0 Å². The van der Waals surface area contributed by atoms with Gasteiger partial charge in [-0.25, -0.2) is 0 Å². The van der Waals surface area contributed by atoms with Crippen molar-refractivity contribution < 1.29 is 23.9 Å². The van der Waals surface area contributed by atoms with Crippen molar-refractivity contribution in [3.63, 3.8) is 0 Å². The first kappa shape index (κ1) is 21.2. The number of amides is 1. The molecule has 0 bridgehead atoms. The van der Waals surface area contributed by atoms with Crippen molar-refractivity contribution in [2.45, 2.75) is 32.8 Å². The predicted molar refractivity (Wildman–Crippen MR) is 107 cm³/mol. The summed E-state index contributed by atoms with van der Waals surface area (Å²) in [6.07, 6.45) is -1.00. The van der Waals surface area contributed by atoms with Gasteiger partial charge in [-0.2, -0.15) is 0 Å². The maximum atomic E-state index is 12.4. The van der Waals surface area contributed by atoms with Crippen LogP contribution >= 0.6 is 0 Å². The van der Waals surface area contributed by atoms with Crippen LogP contribution < -0.4 is 9.64 Å². The number of esters is 1. The molecule has 0 saturated carbocycles. The van der Waals surface area contributed by atoms with E-state index in [1.807, 2.05) is 25.1 Å². The topological polar surface area (TPSA) is 72.9 Å². The van der Waals surface area contributed by atoms with E-state index in [1.54, 1.807) is 43.4 Å². The Hall–Kier alpha value is -3.15. The van der Waals surface area contributed by atoms with Crippen molar-refractivity contribution in [1.29, 1.82) is 0 Å². The highest BCUT2D eigenvalue weighted by Gasteiger charge is 2.22. The van der Waals surface area contributed by atoms with Gasteiger partial charge in [0, 0.05) is 24.7 Å². The maximum absolute atomic E-state index is 12.4. The number of para-hydroxylation sites is 1. The van der Waals surface area contributed by atoms with Crippen LogP contribution in [-0.4, -0.2) is 37.4 Å². The van der Waals surface area contributed by atoms with Crippen molar-refractivity contribution in [3.8, 4) is 5.75 Å². The van der Waals surface area contributed by atoms with E-state index in [1.165, 1.54) is 11.8 Å². The summed E-state index contributed by atoms with van der Waals surface area (Å²) in [6, 6.07) is 15.9. The first-order valence-electron chi connectivity index (χ1n) is 9.20. The summed E-state index contributed by atoms with van der Waals surface area (Å²) in [5, 5.41) is 0. The van der Waals surface area contributed by atoms with Gasteiger partial charge in [0.15, 0.2) is 11.9 Å². The number of rotatable bonds is 9. The number of benzene rings is 2. The summed E-state index contributed by atoms with van der Waals surface area (Å²) in [5.41, 5.74) is 1.21. The van der Waals surface area contributed by atoms with Crippen LogP contribution in [0.1, 0.15) is 37.0 Å². The normalized spacial score (nSPS) is 11.4. The van der Waals surface area contributed by atoms with Gasteiger partial charge >= 0.3 is 5.97 Å². The molecular formula is C22H25NO5. The summed E-state index contributed by atoms with van der Waals surface area (Å²) in [5.74, 6) is -0.396. The minimum absolute atomic E-state index is 0.0161. The number of carbonyl (C=O) groups is 3. The summed E-state index contributed by atoms with van der Waals surface area (Å²) >= 11 is 0. The van der Waals surface area contributed by atoms with Crippen molar-refractivity contribution in [1.82, 2.24) is 0 Å². The Labute approximate surface area is 165 Å². The molecule has 0 heterocycles. The van der Waals surface area contributed by atoms with Gasteiger partial charge in [-0.15, -0.1) is 0 Å². The Balaban J connectivity index is 1.82. The Morgan fingerprint density at radius 1 is 0.964 bits per heavy atom. The third kappa shape index (κ3) is 5.94. The van der Waals surface area contributed by atoms with E-state index in [4.69, 9.17) is 9.47 Å². The summed E-state index contributed by atoms with van der Waals surface area (Å²) in [6.45, 7) is 3.96. The van der Waals surface area contributed by atoms with E-state index in [-0.39, 0.29) is 24.5 Å². The number of ether oxygens (including phenoxy) is 2. The number of anilines is 1. The second-order valence-corrected chi connectivity index (χ2v) is 6.25. The number of nitrogens with zero attached hydrogens (tertiary/aromatic N) is 1. The van der Waals surface area contributed by atoms with Crippen LogP contribution in [0.2, 0.25) is 0 Å². The van der Waals surface area contributed by atoms with Crippen molar-refractivity contribution >= 4 is 23.3 Å². The third-order valence-corrected chi connectivity index (χ3v) is 4.17. The maximum Gasteiger partial charge on any atom is 0.307 e. The van der Waals surface area contributed by atoms with Gasteiger partial charge in [-0.05, 0) is 50.2 Å². The molecule has 148 valence electrons. The molecule has 0 saturated heterocycles. The Morgan fingerprint density at radius 3 is 2.21 bits per heavy atom. The van der Waals surface area contributed by atoms with E-state index in [0.717, 1.165) is 0 Å². The van der Waals surface area contributed by atoms with Crippen LogP contribution in [0.3, 0.4) is 0 Å². The molecule has 28 heavy (non-hydrogen) atoms. The first-order valence-corrected chi connectivity index (χ1v) is 9.20. The zero-order chi connectivity index (χ0) is 20.5. The van der Waals surface area contributed by atoms with Gasteiger partial charge < -0.3 is 14.4 Å². The highest BCUT2D eigenvalue weighted by atomic mass is 16.5. The molecule has 0 aliphatic heterocycles. The smallest absolute Gasteiger partial charge is 0.307 e. The fourth-order valence-corrected chi connectivity index (χ4v) is 2.62. The molecule has 2 aromatic carbocycles. The summed E-state index contributed by atoms with van der Waals surface area (Å²) in [7, 11) is 1.62. The van der Waals surface area contributed by atoms with E-state index >= 15 is 0 Å². The molecule has 2 aromatic rings. The monoisotopic (exact) mass is 383 g/mol. The first-order chi connectivity index (χ1) is 13.4. The highest BCUT2D eigenvalue weighted by Crippen LogP contribution is 2.15. The number of hydrogen-bond acceptors (Lipinski definition) is 5. The highest BCUT2D eigenvalue weighted by molar-refractivity contribution is 5.99. The van der Waals surface area contributed by atoms with Crippen LogP contribution in [0, 0.1) is 0 Å². The lowest BCUT2D eigenvalue weighted by Gasteiger charge is -2.21. The van der Waals surface area contributed by atoms with E-state index < -0.39 is 12.1 Å². The Bertz CT molecular complexity index is 801. The molecule has 2 rings (SSSR count). The average Bonchev–Trinajstić information content (AvgIpc) is 2.72. The molecule has 6 nitrogen and oxygen atoms in total. The molecule has 1 amide bonds. The third-order valence-electron chi connectivity index (χ3n) is 4.17. The average molecular weight is 383 g/mol. The van der Waals surface area contributed by atoms with E-state index in [0.29, 0.717) is 23.6 Å². The summed E-state index contributed by atoms with van der Waals surface area (Å²) in [4.78, 5) is 38.1. The van der Waals surface area contributed by atoms with E-state index in [9.17, 15) is 14.4 Å². The number of hydrogen-bond donors (Lipinski definition) is 0. The minimum atomic E-state index is -0.932. The van der Waals surface area contributed by atoms with Crippen molar-refractivity contribution in [2.24, 2.45) is 0 Å².